The Kier molecular flexibility index (Phi) is 6.66. The first kappa shape index (κ1) is 14.9. The van der Waals surface area contributed by atoms with E-state index >= 15 is 0 Å². The van der Waals surface area contributed by atoms with Crippen LogP contribution in [0.3, 0.4) is 0 Å². The summed E-state index contributed by atoms with van der Waals surface area (Å²) in [6.07, 6.45) is 1.58. The van der Waals surface area contributed by atoms with Crippen molar-refractivity contribution in [1.82, 2.24) is 20.2 Å². The van der Waals surface area contributed by atoms with Gasteiger partial charge >= 0.3 is 5.97 Å². The van der Waals surface area contributed by atoms with Crippen LogP contribution in [-0.2, 0) is 16.1 Å². The summed E-state index contributed by atoms with van der Waals surface area (Å²) in [6.45, 7) is 4.42. The molecule has 0 aliphatic carbocycles. The summed E-state index contributed by atoms with van der Waals surface area (Å²) in [4.78, 5) is 11.8. The number of aliphatic hydroxyl groups is 1. The molecule has 1 N–H and O–H groups in total. The molecule has 1 rings (SSSR count). The number of carbonyl (C=O) groups is 1. The van der Waals surface area contributed by atoms with Gasteiger partial charge in [0.25, 0.3) is 0 Å². The van der Waals surface area contributed by atoms with Crippen molar-refractivity contribution >= 4 is 17.7 Å². The smallest absolute Gasteiger partial charge is 0.319 e. The van der Waals surface area contributed by atoms with Gasteiger partial charge in [0.15, 0.2) is 0 Å². The van der Waals surface area contributed by atoms with Gasteiger partial charge in [-0.3, -0.25) is 4.79 Å². The van der Waals surface area contributed by atoms with E-state index in [1.165, 1.54) is 16.4 Å². The predicted molar refractivity (Wildman–Crippen MR) is 66.1 cm³/mol. The first-order chi connectivity index (χ1) is 8.72. The van der Waals surface area contributed by atoms with E-state index in [-0.39, 0.29) is 17.8 Å². The maximum atomic E-state index is 11.8. The van der Waals surface area contributed by atoms with Crippen LogP contribution in [0.4, 0.5) is 0 Å². The number of rotatable bonds is 8. The molecular formula is C10H18N4O3S. The Bertz CT molecular complexity index is 372. The molecule has 0 bridgehead atoms. The number of ether oxygens (including phenoxy) is 1. The Balaban J connectivity index is 2.69. The second kappa shape index (κ2) is 8.04. The number of hydrogen-bond donors (Lipinski definition) is 1. The van der Waals surface area contributed by atoms with E-state index in [9.17, 15) is 4.79 Å². The molecule has 18 heavy (non-hydrogen) atoms. The fraction of sp³-hybridized carbons (Fsp3) is 0.800. The third-order valence-corrected chi connectivity index (χ3v) is 3.37. The summed E-state index contributed by atoms with van der Waals surface area (Å²) in [6, 6.07) is 0. The summed E-state index contributed by atoms with van der Waals surface area (Å²) in [7, 11) is 0. The van der Waals surface area contributed by atoms with Gasteiger partial charge < -0.3 is 9.84 Å². The second-order valence-electron chi connectivity index (χ2n) is 3.56. The van der Waals surface area contributed by atoms with E-state index in [1.54, 1.807) is 6.92 Å². The van der Waals surface area contributed by atoms with Gasteiger partial charge in [-0.25, -0.2) is 4.68 Å². The van der Waals surface area contributed by atoms with Crippen LogP contribution in [0.5, 0.6) is 0 Å². The molecule has 0 aliphatic heterocycles. The molecule has 1 atom stereocenters. The number of thioether (sulfide) groups is 1. The van der Waals surface area contributed by atoms with Crippen LogP contribution < -0.4 is 0 Å². The highest BCUT2D eigenvalue weighted by molar-refractivity contribution is 8.00. The van der Waals surface area contributed by atoms with Gasteiger partial charge in [0.2, 0.25) is 5.16 Å². The van der Waals surface area contributed by atoms with E-state index in [0.717, 1.165) is 6.42 Å². The van der Waals surface area contributed by atoms with Crippen LogP contribution in [0.2, 0.25) is 0 Å². The lowest BCUT2D eigenvalue weighted by Crippen LogP contribution is -2.21. The summed E-state index contributed by atoms with van der Waals surface area (Å²) in [5, 5.41) is 20.2. The minimum absolute atomic E-state index is 0.0452. The van der Waals surface area contributed by atoms with Gasteiger partial charge in [0.1, 0.15) is 5.25 Å². The van der Waals surface area contributed by atoms with Crippen LogP contribution in [0.15, 0.2) is 5.16 Å². The number of aliphatic hydroxyl groups excluding tert-OH is 1. The molecule has 0 aromatic carbocycles. The molecule has 0 saturated carbocycles. The molecule has 1 aromatic heterocycles. The van der Waals surface area contributed by atoms with Crippen LogP contribution in [0, 0.1) is 0 Å². The second-order valence-corrected chi connectivity index (χ2v) is 4.73. The molecule has 0 fully saturated rings. The fourth-order valence-corrected chi connectivity index (χ4v) is 2.47. The third kappa shape index (κ3) is 4.26. The van der Waals surface area contributed by atoms with Crippen LogP contribution in [0.25, 0.3) is 0 Å². The van der Waals surface area contributed by atoms with E-state index in [0.29, 0.717) is 24.7 Å². The molecule has 8 heteroatoms. The number of tetrazole rings is 1. The van der Waals surface area contributed by atoms with Gasteiger partial charge in [-0.2, -0.15) is 0 Å². The van der Waals surface area contributed by atoms with Gasteiger partial charge in [-0.15, -0.1) is 5.10 Å². The van der Waals surface area contributed by atoms with E-state index < -0.39 is 0 Å². The van der Waals surface area contributed by atoms with Crippen molar-refractivity contribution in [2.24, 2.45) is 0 Å². The van der Waals surface area contributed by atoms with E-state index in [1.807, 2.05) is 6.92 Å². The Morgan fingerprint density at radius 3 is 2.94 bits per heavy atom. The van der Waals surface area contributed by atoms with Crippen molar-refractivity contribution in [2.75, 3.05) is 13.2 Å². The number of carbonyl (C=O) groups excluding carboxylic acids is 1. The fourth-order valence-electron chi connectivity index (χ4n) is 1.37. The van der Waals surface area contributed by atoms with Crippen LogP contribution >= 0.6 is 11.8 Å². The zero-order valence-corrected chi connectivity index (χ0v) is 11.4. The molecule has 0 radical (unpaired) electrons. The van der Waals surface area contributed by atoms with Gasteiger partial charge in [-0.1, -0.05) is 25.1 Å². The summed E-state index contributed by atoms with van der Waals surface area (Å²) >= 11 is 1.28. The van der Waals surface area contributed by atoms with Crippen molar-refractivity contribution in [3.63, 3.8) is 0 Å². The molecule has 1 heterocycles. The van der Waals surface area contributed by atoms with E-state index in [4.69, 9.17) is 9.84 Å². The van der Waals surface area contributed by atoms with Crippen molar-refractivity contribution < 1.29 is 14.6 Å². The molecule has 1 aromatic rings. The lowest BCUT2D eigenvalue weighted by Gasteiger charge is -2.13. The average molecular weight is 274 g/mol. The Morgan fingerprint density at radius 2 is 2.33 bits per heavy atom. The first-order valence-electron chi connectivity index (χ1n) is 5.93. The Hall–Kier alpha value is -1.15. The zero-order chi connectivity index (χ0) is 13.4. The Labute approximate surface area is 110 Å². The van der Waals surface area contributed by atoms with Gasteiger partial charge in [-0.05, 0) is 23.8 Å². The quantitative estimate of drug-likeness (QED) is 0.545. The van der Waals surface area contributed by atoms with Gasteiger partial charge in [0, 0.05) is 0 Å². The molecule has 0 amide bonds. The van der Waals surface area contributed by atoms with Crippen molar-refractivity contribution in [3.8, 4) is 0 Å². The number of hydrogen-bond acceptors (Lipinski definition) is 7. The highest BCUT2D eigenvalue weighted by Gasteiger charge is 2.23. The van der Waals surface area contributed by atoms with E-state index in [2.05, 4.69) is 15.5 Å². The highest BCUT2D eigenvalue weighted by Crippen LogP contribution is 2.24. The summed E-state index contributed by atoms with van der Waals surface area (Å²) in [5.41, 5.74) is 0. The molecule has 0 saturated heterocycles. The average Bonchev–Trinajstić information content (AvgIpc) is 2.77. The monoisotopic (exact) mass is 274 g/mol. The lowest BCUT2D eigenvalue weighted by molar-refractivity contribution is -0.142. The number of nitrogens with zero attached hydrogens (tertiary/aromatic N) is 4. The highest BCUT2D eigenvalue weighted by atomic mass is 32.2. The molecule has 0 aliphatic rings. The summed E-state index contributed by atoms with van der Waals surface area (Å²) < 4.78 is 6.50. The maximum absolute atomic E-state index is 11.8. The normalized spacial score (nSPS) is 12.4. The summed E-state index contributed by atoms with van der Waals surface area (Å²) in [5.74, 6) is -0.247. The zero-order valence-electron chi connectivity index (χ0n) is 10.6. The minimum atomic E-state index is -0.307. The standard InChI is InChI=1S/C10H18N4O3S/c1-3-5-8(9(16)17-4-2)18-10-11-12-13-14(10)6-7-15/h8,15H,3-7H2,1-2H3. The number of esters is 1. The lowest BCUT2D eigenvalue weighted by atomic mass is 10.2. The van der Waals surface area contributed by atoms with Crippen LogP contribution in [-0.4, -0.2) is 49.7 Å². The Morgan fingerprint density at radius 1 is 1.56 bits per heavy atom. The first-order valence-corrected chi connectivity index (χ1v) is 6.81. The molecule has 1 unspecified atom stereocenters. The molecule has 0 spiro atoms. The largest absolute Gasteiger partial charge is 0.465 e. The van der Waals surface area contributed by atoms with Gasteiger partial charge in [0.05, 0.1) is 19.8 Å². The number of aromatic nitrogens is 4. The van der Waals surface area contributed by atoms with Crippen LogP contribution in [0.1, 0.15) is 26.7 Å². The predicted octanol–water partition coefficient (Wildman–Crippen LogP) is 0.489. The topological polar surface area (TPSA) is 90.1 Å². The third-order valence-electron chi connectivity index (χ3n) is 2.16. The molecular weight excluding hydrogens is 256 g/mol. The molecule has 7 nitrogen and oxygen atoms in total. The van der Waals surface area contributed by atoms with Crippen molar-refractivity contribution in [2.45, 2.75) is 43.6 Å². The molecule has 102 valence electrons. The minimum Gasteiger partial charge on any atom is -0.465 e. The van der Waals surface area contributed by atoms with Crippen molar-refractivity contribution in [1.29, 1.82) is 0 Å². The van der Waals surface area contributed by atoms with Crippen molar-refractivity contribution in [3.05, 3.63) is 0 Å². The SMILES string of the molecule is CCCC(Sc1nnnn1CCO)C(=O)OCC. The maximum Gasteiger partial charge on any atom is 0.319 e.